The van der Waals surface area contributed by atoms with Crippen molar-refractivity contribution in [3.63, 3.8) is 0 Å². The summed E-state index contributed by atoms with van der Waals surface area (Å²) in [5, 5.41) is 23.7. The number of anilines is 1. The Labute approximate surface area is 135 Å². The quantitative estimate of drug-likeness (QED) is 0.510. The third kappa shape index (κ3) is 4.19. The molecule has 0 unspecified atom stereocenters. The van der Waals surface area contributed by atoms with Gasteiger partial charge in [0.25, 0.3) is 11.4 Å². The van der Waals surface area contributed by atoms with Gasteiger partial charge in [-0.2, -0.15) is 0 Å². The minimum Gasteiger partial charge on any atom is -0.307 e. The van der Waals surface area contributed by atoms with Crippen molar-refractivity contribution in [3.8, 4) is 0 Å². The Morgan fingerprint density at radius 3 is 2.38 bits per heavy atom. The molecule has 0 aliphatic carbocycles. The number of hydrogen-bond acceptors (Lipinski definition) is 6. The zero-order valence-corrected chi connectivity index (χ0v) is 12.5. The molecule has 0 saturated carbocycles. The van der Waals surface area contributed by atoms with Gasteiger partial charge in [-0.05, 0) is 36.8 Å². The van der Waals surface area contributed by atoms with Gasteiger partial charge < -0.3 is 5.32 Å². The van der Waals surface area contributed by atoms with Gasteiger partial charge in [0, 0.05) is 23.8 Å². The second kappa shape index (κ2) is 7.09. The van der Waals surface area contributed by atoms with Crippen LogP contribution in [0.3, 0.4) is 0 Å². The number of carbonyl (C=O) groups is 1. The fourth-order valence-electron chi connectivity index (χ4n) is 1.86. The van der Waals surface area contributed by atoms with Gasteiger partial charge in [0.1, 0.15) is 12.0 Å². The lowest BCUT2D eigenvalue weighted by molar-refractivity contribution is -0.385. The monoisotopic (exact) mass is 328 g/mol. The number of carbonyl (C=O) groups excluding carboxylic acids is 1. The second-order valence-corrected chi connectivity index (χ2v) is 4.78. The molecular formula is C15H12N4O5. The van der Waals surface area contributed by atoms with Crippen LogP contribution in [0.2, 0.25) is 0 Å². The zero-order chi connectivity index (χ0) is 17.7. The Kier molecular flexibility index (Phi) is 4.95. The number of amides is 1. The van der Waals surface area contributed by atoms with Gasteiger partial charge in [0.15, 0.2) is 0 Å². The maximum Gasteiger partial charge on any atom is 0.290 e. The van der Waals surface area contributed by atoms with E-state index in [1.165, 1.54) is 42.5 Å². The molecule has 0 bridgehead atoms. The van der Waals surface area contributed by atoms with Crippen molar-refractivity contribution < 1.29 is 14.6 Å². The summed E-state index contributed by atoms with van der Waals surface area (Å²) in [5.41, 5.74) is 0.824. The van der Waals surface area contributed by atoms with Gasteiger partial charge >= 0.3 is 0 Å². The summed E-state index contributed by atoms with van der Waals surface area (Å²) in [7, 11) is 0. The minimum atomic E-state index is -0.553. The topological polar surface area (TPSA) is 128 Å². The molecule has 0 saturated heterocycles. The van der Waals surface area contributed by atoms with Crippen LogP contribution < -0.4 is 5.32 Å². The van der Waals surface area contributed by atoms with Crippen LogP contribution in [0.4, 0.5) is 17.2 Å². The molecule has 1 amide bonds. The summed E-state index contributed by atoms with van der Waals surface area (Å²) < 4.78 is 0. The molecule has 1 aromatic carbocycles. The molecule has 0 atom stereocenters. The highest BCUT2D eigenvalue weighted by Crippen LogP contribution is 2.19. The molecule has 1 N–H and O–H groups in total. The van der Waals surface area contributed by atoms with E-state index in [-0.39, 0.29) is 17.2 Å². The van der Waals surface area contributed by atoms with Crippen molar-refractivity contribution in [1.29, 1.82) is 0 Å². The summed E-state index contributed by atoms with van der Waals surface area (Å²) in [4.78, 5) is 35.8. The number of nitrogens with zero attached hydrogens (tertiary/aromatic N) is 3. The molecule has 1 heterocycles. The van der Waals surface area contributed by atoms with E-state index in [1.807, 2.05) is 0 Å². The van der Waals surface area contributed by atoms with Crippen LogP contribution in [0, 0.1) is 27.2 Å². The van der Waals surface area contributed by atoms with Crippen LogP contribution in [0.1, 0.15) is 11.1 Å². The number of nitrogens with one attached hydrogen (secondary N) is 1. The molecule has 122 valence electrons. The molecule has 0 spiro atoms. The Morgan fingerprint density at radius 2 is 1.83 bits per heavy atom. The number of rotatable bonds is 5. The van der Waals surface area contributed by atoms with E-state index in [0.717, 1.165) is 6.20 Å². The Bertz CT molecular complexity index is 830. The van der Waals surface area contributed by atoms with Gasteiger partial charge in [0.05, 0.1) is 9.85 Å². The number of benzene rings is 1. The van der Waals surface area contributed by atoms with E-state index < -0.39 is 15.8 Å². The Hall–Kier alpha value is -3.62. The second-order valence-electron chi connectivity index (χ2n) is 4.78. The molecule has 9 nitrogen and oxygen atoms in total. The van der Waals surface area contributed by atoms with E-state index in [9.17, 15) is 25.0 Å². The van der Waals surface area contributed by atoms with Crippen LogP contribution in [-0.2, 0) is 4.79 Å². The fourth-order valence-corrected chi connectivity index (χ4v) is 1.86. The minimum absolute atomic E-state index is 0.0397. The first-order valence-corrected chi connectivity index (χ1v) is 6.71. The molecule has 2 rings (SSSR count). The van der Waals surface area contributed by atoms with E-state index >= 15 is 0 Å². The van der Waals surface area contributed by atoms with E-state index in [4.69, 9.17) is 0 Å². The average Bonchev–Trinajstić information content (AvgIpc) is 2.53. The van der Waals surface area contributed by atoms with Crippen LogP contribution in [0.5, 0.6) is 0 Å². The zero-order valence-electron chi connectivity index (χ0n) is 12.5. The summed E-state index contributed by atoms with van der Waals surface area (Å²) in [6.45, 7) is 1.54. The third-order valence-electron chi connectivity index (χ3n) is 3.06. The molecule has 24 heavy (non-hydrogen) atoms. The van der Waals surface area contributed by atoms with Gasteiger partial charge in [-0.3, -0.25) is 25.0 Å². The SMILES string of the molecule is Cc1cc(NC(=O)/C=C/c2ccc([N+](=O)[O-])cc2)ncc1[N+](=O)[O-]. The van der Waals surface area contributed by atoms with Crippen molar-refractivity contribution in [3.05, 3.63) is 74.0 Å². The van der Waals surface area contributed by atoms with Crippen LogP contribution in [0.25, 0.3) is 6.08 Å². The smallest absolute Gasteiger partial charge is 0.290 e. The summed E-state index contributed by atoms with van der Waals surface area (Å²) >= 11 is 0. The highest BCUT2D eigenvalue weighted by Gasteiger charge is 2.12. The average molecular weight is 328 g/mol. The van der Waals surface area contributed by atoms with Gasteiger partial charge in [-0.1, -0.05) is 0 Å². The molecule has 9 heteroatoms. The number of hydrogen-bond donors (Lipinski definition) is 1. The number of nitro benzene ring substituents is 1. The molecule has 0 aliphatic heterocycles. The normalized spacial score (nSPS) is 10.5. The highest BCUT2D eigenvalue weighted by atomic mass is 16.6. The number of nitro groups is 2. The number of aromatic nitrogens is 1. The lowest BCUT2D eigenvalue weighted by atomic mass is 10.2. The molecule has 0 fully saturated rings. The number of aryl methyl sites for hydroxylation is 1. The molecule has 0 radical (unpaired) electrons. The lowest BCUT2D eigenvalue weighted by Gasteiger charge is -2.02. The van der Waals surface area contributed by atoms with E-state index in [0.29, 0.717) is 11.1 Å². The van der Waals surface area contributed by atoms with Crippen molar-refractivity contribution in [2.45, 2.75) is 6.92 Å². The fraction of sp³-hybridized carbons (Fsp3) is 0.0667. The van der Waals surface area contributed by atoms with Gasteiger partial charge in [0.2, 0.25) is 5.91 Å². The first-order valence-electron chi connectivity index (χ1n) is 6.71. The van der Waals surface area contributed by atoms with Crippen LogP contribution >= 0.6 is 0 Å². The predicted molar refractivity (Wildman–Crippen MR) is 86.4 cm³/mol. The van der Waals surface area contributed by atoms with Gasteiger partial charge in [-0.15, -0.1) is 0 Å². The van der Waals surface area contributed by atoms with Gasteiger partial charge in [-0.25, -0.2) is 4.98 Å². The van der Waals surface area contributed by atoms with Crippen molar-refractivity contribution in [1.82, 2.24) is 4.98 Å². The largest absolute Gasteiger partial charge is 0.307 e. The molecule has 1 aromatic heterocycles. The Morgan fingerprint density at radius 1 is 1.17 bits per heavy atom. The standard InChI is InChI=1S/C15H12N4O5/c1-10-8-14(16-9-13(10)19(23)24)17-15(20)7-4-11-2-5-12(6-3-11)18(21)22/h2-9H,1H3,(H,16,17,20)/b7-4+. The first-order chi connectivity index (χ1) is 11.4. The molecule has 0 aliphatic rings. The summed E-state index contributed by atoms with van der Waals surface area (Å²) in [6, 6.07) is 7.08. The summed E-state index contributed by atoms with van der Waals surface area (Å²) in [5.74, 6) is -0.287. The molecular weight excluding hydrogens is 316 g/mol. The van der Waals surface area contributed by atoms with Crippen molar-refractivity contribution in [2.75, 3.05) is 5.32 Å². The molecule has 2 aromatic rings. The number of non-ortho nitro benzene ring substituents is 1. The third-order valence-corrected chi connectivity index (χ3v) is 3.06. The number of pyridine rings is 1. The van der Waals surface area contributed by atoms with E-state index in [2.05, 4.69) is 10.3 Å². The van der Waals surface area contributed by atoms with E-state index in [1.54, 1.807) is 6.92 Å². The maximum atomic E-state index is 11.8. The highest BCUT2D eigenvalue weighted by molar-refractivity contribution is 6.01. The van der Waals surface area contributed by atoms with Crippen molar-refractivity contribution >= 4 is 29.2 Å². The predicted octanol–water partition coefficient (Wildman–Crippen LogP) is 2.86. The van der Waals surface area contributed by atoms with Crippen LogP contribution in [-0.4, -0.2) is 20.7 Å². The van der Waals surface area contributed by atoms with Crippen LogP contribution in [0.15, 0.2) is 42.6 Å². The first kappa shape index (κ1) is 16.7. The summed E-state index contributed by atoms with van der Waals surface area (Å²) in [6.07, 6.45) is 3.79. The Balaban J connectivity index is 2.03. The van der Waals surface area contributed by atoms with Crippen molar-refractivity contribution in [2.24, 2.45) is 0 Å². The maximum absolute atomic E-state index is 11.8. The lowest BCUT2D eigenvalue weighted by Crippen LogP contribution is -2.09.